The van der Waals surface area contributed by atoms with Crippen molar-refractivity contribution in [2.75, 3.05) is 19.4 Å². The fourth-order valence-electron chi connectivity index (χ4n) is 1.67. The lowest BCUT2D eigenvalue weighted by Gasteiger charge is -2.14. The van der Waals surface area contributed by atoms with Crippen LogP contribution in [0.4, 0.5) is 9.52 Å². The first kappa shape index (κ1) is 16.7. The first-order valence-electron chi connectivity index (χ1n) is 6.65. The zero-order chi connectivity index (χ0) is 16.1. The van der Waals surface area contributed by atoms with Crippen molar-refractivity contribution in [3.63, 3.8) is 0 Å². The van der Waals surface area contributed by atoms with Gasteiger partial charge in [-0.05, 0) is 24.6 Å². The van der Waals surface area contributed by atoms with Crippen LogP contribution in [0.15, 0.2) is 28.6 Å². The third kappa shape index (κ3) is 4.67. The molecule has 0 fully saturated rings. The number of aromatic nitrogens is 2. The second kappa shape index (κ2) is 7.55. The van der Waals surface area contributed by atoms with Gasteiger partial charge in [0.15, 0.2) is 4.34 Å². The molecule has 2 aromatic rings. The SMILES string of the molecule is CC(Sc1nnc(NCc2ccc(F)cc2)s1)C(=O)N(C)C. The van der Waals surface area contributed by atoms with Gasteiger partial charge in [0.2, 0.25) is 11.0 Å². The van der Waals surface area contributed by atoms with Gasteiger partial charge in [0, 0.05) is 20.6 Å². The van der Waals surface area contributed by atoms with E-state index in [0.717, 1.165) is 9.90 Å². The summed E-state index contributed by atoms with van der Waals surface area (Å²) in [6.45, 7) is 2.39. The molecule has 1 amide bonds. The highest BCUT2D eigenvalue weighted by atomic mass is 32.2. The number of carbonyl (C=O) groups excluding carboxylic acids is 1. The van der Waals surface area contributed by atoms with Crippen LogP contribution in [-0.4, -0.2) is 40.3 Å². The quantitative estimate of drug-likeness (QED) is 0.820. The summed E-state index contributed by atoms with van der Waals surface area (Å²) in [5.74, 6) is -0.209. The third-order valence-electron chi connectivity index (χ3n) is 2.83. The second-order valence-corrected chi connectivity index (χ2v) is 7.41. The lowest BCUT2D eigenvalue weighted by atomic mass is 10.2. The predicted molar refractivity (Wildman–Crippen MR) is 87.6 cm³/mol. The Hall–Kier alpha value is -1.67. The Morgan fingerprint density at radius 3 is 2.68 bits per heavy atom. The van der Waals surface area contributed by atoms with E-state index in [-0.39, 0.29) is 17.0 Å². The molecule has 0 saturated heterocycles. The molecule has 1 N–H and O–H groups in total. The van der Waals surface area contributed by atoms with Crippen LogP contribution in [0.3, 0.4) is 0 Å². The molecule has 22 heavy (non-hydrogen) atoms. The van der Waals surface area contributed by atoms with E-state index in [4.69, 9.17) is 0 Å². The molecule has 1 aromatic carbocycles. The Labute approximate surface area is 136 Å². The Morgan fingerprint density at radius 2 is 2.05 bits per heavy atom. The topological polar surface area (TPSA) is 58.1 Å². The molecule has 0 aliphatic rings. The normalized spacial score (nSPS) is 12.0. The average Bonchev–Trinajstić information content (AvgIpc) is 2.93. The van der Waals surface area contributed by atoms with Crippen molar-refractivity contribution in [2.24, 2.45) is 0 Å². The highest BCUT2D eigenvalue weighted by Gasteiger charge is 2.18. The smallest absolute Gasteiger partial charge is 0.235 e. The van der Waals surface area contributed by atoms with Crippen molar-refractivity contribution < 1.29 is 9.18 Å². The fraction of sp³-hybridized carbons (Fsp3) is 0.357. The summed E-state index contributed by atoms with van der Waals surface area (Å²) in [5, 5.41) is 11.7. The molecule has 118 valence electrons. The maximum atomic E-state index is 12.8. The van der Waals surface area contributed by atoms with E-state index in [1.807, 2.05) is 6.92 Å². The van der Waals surface area contributed by atoms with Crippen molar-refractivity contribution in [1.29, 1.82) is 0 Å². The van der Waals surface area contributed by atoms with Crippen LogP contribution in [0.2, 0.25) is 0 Å². The fourth-order valence-corrected chi connectivity index (χ4v) is 3.71. The Kier molecular flexibility index (Phi) is 5.73. The number of benzene rings is 1. The number of carbonyl (C=O) groups is 1. The standard InChI is InChI=1S/C14H17FN4OS2/c1-9(12(20)19(2)3)21-14-18-17-13(22-14)16-8-10-4-6-11(15)7-5-10/h4-7,9H,8H2,1-3H3,(H,16,17). The van der Waals surface area contributed by atoms with E-state index in [9.17, 15) is 9.18 Å². The van der Waals surface area contributed by atoms with Gasteiger partial charge in [-0.15, -0.1) is 10.2 Å². The maximum Gasteiger partial charge on any atom is 0.235 e. The summed E-state index contributed by atoms with van der Waals surface area (Å²) < 4.78 is 13.6. The molecule has 1 heterocycles. The summed E-state index contributed by atoms with van der Waals surface area (Å²) in [4.78, 5) is 13.4. The first-order chi connectivity index (χ1) is 10.5. The summed E-state index contributed by atoms with van der Waals surface area (Å²) in [7, 11) is 3.46. The van der Waals surface area contributed by atoms with Gasteiger partial charge in [0.05, 0.1) is 5.25 Å². The number of hydrogen-bond acceptors (Lipinski definition) is 6. The van der Waals surface area contributed by atoms with Gasteiger partial charge in [0.1, 0.15) is 5.82 Å². The van der Waals surface area contributed by atoms with Gasteiger partial charge < -0.3 is 10.2 Å². The molecule has 1 atom stereocenters. The minimum atomic E-state index is -0.252. The van der Waals surface area contributed by atoms with Gasteiger partial charge in [-0.3, -0.25) is 4.79 Å². The Balaban J connectivity index is 1.88. The average molecular weight is 340 g/mol. The van der Waals surface area contributed by atoms with Gasteiger partial charge in [-0.25, -0.2) is 4.39 Å². The van der Waals surface area contributed by atoms with E-state index in [0.29, 0.717) is 11.7 Å². The second-order valence-electron chi connectivity index (χ2n) is 4.85. The minimum Gasteiger partial charge on any atom is -0.356 e. The molecular weight excluding hydrogens is 323 g/mol. The molecule has 1 unspecified atom stereocenters. The van der Waals surface area contributed by atoms with Gasteiger partial charge >= 0.3 is 0 Å². The first-order valence-corrected chi connectivity index (χ1v) is 8.35. The summed E-state index contributed by atoms with van der Waals surface area (Å²) >= 11 is 2.79. The molecule has 5 nitrogen and oxygen atoms in total. The van der Waals surface area contributed by atoms with E-state index in [1.54, 1.807) is 31.1 Å². The van der Waals surface area contributed by atoms with Crippen molar-refractivity contribution in [3.8, 4) is 0 Å². The van der Waals surface area contributed by atoms with Crippen LogP contribution in [0.1, 0.15) is 12.5 Å². The number of anilines is 1. The van der Waals surface area contributed by atoms with E-state index < -0.39 is 0 Å². The third-order valence-corrected chi connectivity index (χ3v) is 4.88. The van der Waals surface area contributed by atoms with Crippen LogP contribution >= 0.6 is 23.1 Å². The number of nitrogens with one attached hydrogen (secondary N) is 1. The van der Waals surface area contributed by atoms with Crippen LogP contribution in [-0.2, 0) is 11.3 Å². The summed E-state index contributed by atoms with van der Waals surface area (Å²) in [5.41, 5.74) is 0.960. The molecular formula is C14H17FN4OS2. The number of rotatable bonds is 6. The molecule has 0 bridgehead atoms. The molecule has 0 saturated carbocycles. The van der Waals surface area contributed by atoms with Crippen molar-refractivity contribution in [2.45, 2.75) is 23.1 Å². The molecule has 8 heteroatoms. The largest absolute Gasteiger partial charge is 0.356 e. The summed E-state index contributed by atoms with van der Waals surface area (Å²) in [6.07, 6.45) is 0. The molecule has 0 aliphatic heterocycles. The zero-order valence-electron chi connectivity index (χ0n) is 12.5. The van der Waals surface area contributed by atoms with Crippen LogP contribution < -0.4 is 5.32 Å². The minimum absolute atomic E-state index is 0.0426. The highest BCUT2D eigenvalue weighted by molar-refractivity contribution is 8.02. The maximum absolute atomic E-state index is 12.8. The van der Waals surface area contributed by atoms with Crippen LogP contribution in [0.5, 0.6) is 0 Å². The number of thioether (sulfide) groups is 1. The van der Waals surface area contributed by atoms with Gasteiger partial charge in [-0.1, -0.05) is 35.2 Å². The molecule has 2 rings (SSSR count). The summed E-state index contributed by atoms with van der Waals surface area (Å²) in [6, 6.07) is 6.29. The zero-order valence-corrected chi connectivity index (χ0v) is 14.2. The highest BCUT2D eigenvalue weighted by Crippen LogP contribution is 2.29. The van der Waals surface area contributed by atoms with E-state index in [2.05, 4.69) is 15.5 Å². The predicted octanol–water partition coefficient (Wildman–Crippen LogP) is 2.86. The van der Waals surface area contributed by atoms with Crippen LogP contribution in [0, 0.1) is 5.82 Å². The number of hydrogen-bond donors (Lipinski definition) is 1. The van der Waals surface area contributed by atoms with Crippen molar-refractivity contribution in [1.82, 2.24) is 15.1 Å². The lowest BCUT2D eigenvalue weighted by Crippen LogP contribution is -2.29. The molecule has 0 aliphatic carbocycles. The molecule has 0 radical (unpaired) electrons. The van der Waals surface area contributed by atoms with Crippen molar-refractivity contribution >= 4 is 34.1 Å². The number of halogens is 1. The lowest BCUT2D eigenvalue weighted by molar-refractivity contribution is -0.127. The van der Waals surface area contributed by atoms with Crippen LogP contribution in [0.25, 0.3) is 0 Å². The van der Waals surface area contributed by atoms with Crippen molar-refractivity contribution in [3.05, 3.63) is 35.6 Å². The number of amides is 1. The molecule has 0 spiro atoms. The molecule has 1 aromatic heterocycles. The Bertz CT molecular complexity index is 630. The van der Waals surface area contributed by atoms with Gasteiger partial charge in [0.25, 0.3) is 0 Å². The van der Waals surface area contributed by atoms with E-state index >= 15 is 0 Å². The number of nitrogens with zero attached hydrogens (tertiary/aromatic N) is 3. The Morgan fingerprint density at radius 1 is 1.36 bits per heavy atom. The van der Waals surface area contributed by atoms with E-state index in [1.165, 1.54) is 35.2 Å². The monoisotopic (exact) mass is 340 g/mol. The van der Waals surface area contributed by atoms with Gasteiger partial charge in [-0.2, -0.15) is 0 Å².